The molecular weight excluding hydrogens is 390 g/mol. The molecule has 0 fully saturated rings. The SMILES string of the molecule is CN/C(NCCN(C)c1ccc(CN(C)C)o1)=C(/C#N)S(=O)(=O)c1ccccc1. The van der Waals surface area contributed by atoms with Crippen LogP contribution in [-0.4, -0.2) is 54.6 Å². The van der Waals surface area contributed by atoms with Crippen molar-refractivity contribution < 1.29 is 12.8 Å². The molecule has 0 saturated carbocycles. The molecule has 0 unspecified atom stereocenters. The van der Waals surface area contributed by atoms with Gasteiger partial charge in [-0.2, -0.15) is 5.26 Å². The molecule has 29 heavy (non-hydrogen) atoms. The zero-order valence-electron chi connectivity index (χ0n) is 17.1. The number of hydrogen-bond acceptors (Lipinski definition) is 8. The summed E-state index contributed by atoms with van der Waals surface area (Å²) in [5.41, 5.74) is 0. The lowest BCUT2D eigenvalue weighted by Gasteiger charge is -2.18. The van der Waals surface area contributed by atoms with Crippen molar-refractivity contribution in [3.63, 3.8) is 0 Å². The van der Waals surface area contributed by atoms with Crippen LogP contribution in [0.5, 0.6) is 0 Å². The Kier molecular flexibility index (Phi) is 7.70. The molecule has 2 aromatic rings. The van der Waals surface area contributed by atoms with E-state index in [1.807, 2.05) is 49.1 Å². The van der Waals surface area contributed by atoms with Gasteiger partial charge in [0.2, 0.25) is 9.84 Å². The van der Waals surface area contributed by atoms with Crippen LogP contribution < -0.4 is 15.5 Å². The first-order chi connectivity index (χ1) is 13.8. The number of likely N-dealkylation sites (N-methyl/N-ethyl adjacent to an activating group) is 1. The smallest absolute Gasteiger partial charge is 0.220 e. The summed E-state index contributed by atoms with van der Waals surface area (Å²) < 4.78 is 31.4. The summed E-state index contributed by atoms with van der Waals surface area (Å²) in [5.74, 6) is 1.75. The highest BCUT2D eigenvalue weighted by Gasteiger charge is 2.24. The molecule has 156 valence electrons. The van der Waals surface area contributed by atoms with Crippen LogP contribution in [0.4, 0.5) is 5.88 Å². The first-order valence-corrected chi connectivity index (χ1v) is 10.6. The summed E-state index contributed by atoms with van der Waals surface area (Å²) in [4.78, 5) is 3.66. The van der Waals surface area contributed by atoms with Crippen LogP contribution in [-0.2, 0) is 16.4 Å². The molecule has 0 bridgehead atoms. The molecule has 0 radical (unpaired) electrons. The van der Waals surface area contributed by atoms with Crippen LogP contribution in [0.15, 0.2) is 62.5 Å². The first-order valence-electron chi connectivity index (χ1n) is 9.10. The fourth-order valence-corrected chi connectivity index (χ4v) is 3.99. The summed E-state index contributed by atoms with van der Waals surface area (Å²) in [7, 11) is 3.48. The topological polar surface area (TPSA) is 102 Å². The van der Waals surface area contributed by atoms with Gasteiger partial charge in [0.1, 0.15) is 17.7 Å². The Morgan fingerprint density at radius 2 is 1.83 bits per heavy atom. The number of nitriles is 1. The summed E-state index contributed by atoms with van der Waals surface area (Å²) in [6, 6.07) is 13.5. The molecule has 0 aliphatic heterocycles. The number of hydrogen-bond donors (Lipinski definition) is 2. The van der Waals surface area contributed by atoms with Crippen molar-refractivity contribution in [3.8, 4) is 6.07 Å². The van der Waals surface area contributed by atoms with Gasteiger partial charge in [0.15, 0.2) is 10.8 Å². The lowest BCUT2D eigenvalue weighted by Crippen LogP contribution is -2.34. The minimum Gasteiger partial charge on any atom is -0.444 e. The van der Waals surface area contributed by atoms with Gasteiger partial charge in [-0.05, 0) is 32.3 Å². The largest absolute Gasteiger partial charge is 0.444 e. The quantitative estimate of drug-likeness (QED) is 0.564. The molecule has 2 N–H and O–H groups in total. The number of rotatable bonds is 10. The number of allylic oxidation sites excluding steroid dienone is 1. The van der Waals surface area contributed by atoms with Gasteiger partial charge in [-0.1, -0.05) is 18.2 Å². The minimum atomic E-state index is -3.92. The van der Waals surface area contributed by atoms with Gasteiger partial charge in [-0.25, -0.2) is 8.42 Å². The molecular formula is C20H27N5O3S. The van der Waals surface area contributed by atoms with E-state index in [0.29, 0.717) is 19.6 Å². The number of nitrogens with one attached hydrogen (secondary N) is 2. The van der Waals surface area contributed by atoms with Crippen LogP contribution >= 0.6 is 0 Å². The van der Waals surface area contributed by atoms with E-state index in [2.05, 4.69) is 10.6 Å². The second-order valence-corrected chi connectivity index (χ2v) is 8.60. The third-order valence-corrected chi connectivity index (χ3v) is 5.87. The molecule has 0 spiro atoms. The Balaban J connectivity index is 2.08. The van der Waals surface area contributed by atoms with E-state index in [0.717, 1.165) is 11.6 Å². The van der Waals surface area contributed by atoms with Crippen molar-refractivity contribution in [2.75, 3.05) is 46.2 Å². The van der Waals surface area contributed by atoms with Crippen molar-refractivity contribution in [1.82, 2.24) is 15.5 Å². The molecule has 0 saturated heterocycles. The molecule has 8 nitrogen and oxygen atoms in total. The molecule has 1 aromatic carbocycles. The third kappa shape index (κ3) is 5.76. The number of furan rings is 1. The van der Waals surface area contributed by atoms with Gasteiger partial charge in [0.25, 0.3) is 0 Å². The molecule has 0 amide bonds. The normalized spacial score (nSPS) is 12.3. The maximum Gasteiger partial charge on any atom is 0.220 e. The van der Waals surface area contributed by atoms with E-state index < -0.39 is 9.84 Å². The lowest BCUT2D eigenvalue weighted by molar-refractivity contribution is 0.351. The van der Waals surface area contributed by atoms with Crippen molar-refractivity contribution in [1.29, 1.82) is 5.26 Å². The van der Waals surface area contributed by atoms with Crippen molar-refractivity contribution >= 4 is 15.7 Å². The molecule has 0 aliphatic carbocycles. The zero-order chi connectivity index (χ0) is 21.4. The van der Waals surface area contributed by atoms with Gasteiger partial charge < -0.3 is 24.9 Å². The molecule has 2 rings (SSSR count). The predicted molar refractivity (Wildman–Crippen MR) is 113 cm³/mol. The van der Waals surface area contributed by atoms with Gasteiger partial charge >= 0.3 is 0 Å². The fourth-order valence-electron chi connectivity index (χ4n) is 2.68. The van der Waals surface area contributed by atoms with Gasteiger partial charge in [-0.15, -0.1) is 0 Å². The van der Waals surface area contributed by atoms with Crippen molar-refractivity contribution in [3.05, 3.63) is 59.0 Å². The zero-order valence-corrected chi connectivity index (χ0v) is 18.0. The molecule has 1 aromatic heterocycles. The monoisotopic (exact) mass is 417 g/mol. The Hall–Kier alpha value is -2.96. The van der Waals surface area contributed by atoms with E-state index in [9.17, 15) is 13.7 Å². The number of benzene rings is 1. The Bertz CT molecular complexity index is 975. The van der Waals surface area contributed by atoms with E-state index in [-0.39, 0.29) is 15.6 Å². The lowest BCUT2D eigenvalue weighted by atomic mass is 10.4. The van der Waals surface area contributed by atoms with Crippen molar-refractivity contribution in [2.45, 2.75) is 11.4 Å². The second kappa shape index (κ2) is 10.0. The maximum absolute atomic E-state index is 12.8. The standard InChI is InChI=1S/C20H27N5O3S/c1-22-20(18(14-21)29(26,27)17-8-6-5-7-9-17)23-12-13-25(4)19-11-10-16(28-19)15-24(2)3/h5-11,22-23H,12-13,15H2,1-4H3/b20-18+. The van der Waals surface area contributed by atoms with Crippen LogP contribution in [0, 0.1) is 11.3 Å². The highest BCUT2D eigenvalue weighted by Crippen LogP contribution is 2.20. The summed E-state index contributed by atoms with van der Waals surface area (Å²) in [6.07, 6.45) is 0. The first kappa shape index (κ1) is 22.3. The Morgan fingerprint density at radius 3 is 2.41 bits per heavy atom. The van der Waals surface area contributed by atoms with E-state index >= 15 is 0 Å². The number of anilines is 1. The number of sulfone groups is 1. The number of nitrogens with zero attached hydrogens (tertiary/aromatic N) is 3. The highest BCUT2D eigenvalue weighted by atomic mass is 32.2. The van der Waals surface area contributed by atoms with E-state index in [1.165, 1.54) is 12.1 Å². The predicted octanol–water partition coefficient (Wildman–Crippen LogP) is 1.75. The van der Waals surface area contributed by atoms with E-state index in [1.54, 1.807) is 25.2 Å². The average Bonchev–Trinajstić information content (AvgIpc) is 3.15. The van der Waals surface area contributed by atoms with Crippen LogP contribution in [0.3, 0.4) is 0 Å². The van der Waals surface area contributed by atoms with Crippen molar-refractivity contribution in [2.24, 2.45) is 0 Å². The Labute approximate surface area is 172 Å². The van der Waals surface area contributed by atoms with Gasteiger partial charge in [0.05, 0.1) is 11.4 Å². The third-order valence-electron chi connectivity index (χ3n) is 4.15. The summed E-state index contributed by atoms with van der Waals surface area (Å²) >= 11 is 0. The molecule has 9 heteroatoms. The molecule has 1 heterocycles. The Morgan fingerprint density at radius 1 is 1.14 bits per heavy atom. The van der Waals surface area contributed by atoms with Crippen LogP contribution in [0.1, 0.15) is 5.76 Å². The fraction of sp³-hybridized carbons (Fsp3) is 0.350. The van der Waals surface area contributed by atoms with E-state index in [4.69, 9.17) is 4.42 Å². The van der Waals surface area contributed by atoms with Gasteiger partial charge in [0, 0.05) is 33.3 Å². The van der Waals surface area contributed by atoms with Gasteiger partial charge in [-0.3, -0.25) is 0 Å². The maximum atomic E-state index is 12.8. The summed E-state index contributed by atoms with van der Waals surface area (Å²) in [6.45, 7) is 1.66. The molecule has 0 aliphatic rings. The average molecular weight is 418 g/mol. The summed E-state index contributed by atoms with van der Waals surface area (Å²) in [5, 5.41) is 15.3. The van der Waals surface area contributed by atoms with Crippen LogP contribution in [0.2, 0.25) is 0 Å². The molecule has 0 atom stereocenters. The minimum absolute atomic E-state index is 0.0761. The highest BCUT2D eigenvalue weighted by molar-refractivity contribution is 7.95. The second-order valence-electron chi connectivity index (χ2n) is 6.71. The van der Waals surface area contributed by atoms with Crippen LogP contribution in [0.25, 0.3) is 0 Å².